The number of nitrogens with zero attached hydrogens (tertiary/aromatic N) is 3. The van der Waals surface area contributed by atoms with Crippen LogP contribution in [0.5, 0.6) is 0 Å². The summed E-state index contributed by atoms with van der Waals surface area (Å²) in [5.41, 5.74) is 2.42. The predicted octanol–water partition coefficient (Wildman–Crippen LogP) is 4.44. The van der Waals surface area contributed by atoms with E-state index in [0.29, 0.717) is 40.0 Å². The summed E-state index contributed by atoms with van der Waals surface area (Å²) in [4.78, 5) is 11.9. The Kier molecular flexibility index (Phi) is 5.80. The maximum atomic E-state index is 12.8. The number of anilines is 1. The number of benzene rings is 1. The van der Waals surface area contributed by atoms with Gasteiger partial charge < -0.3 is 4.98 Å². The molecule has 2 N–H and O–H groups in total. The minimum Gasteiger partial charge on any atom is -0.360 e. The van der Waals surface area contributed by atoms with E-state index in [1.807, 2.05) is 0 Å². The fourth-order valence-electron chi connectivity index (χ4n) is 2.87. The van der Waals surface area contributed by atoms with Crippen LogP contribution in [-0.2, 0) is 17.4 Å². The molecule has 0 amide bonds. The molecule has 28 heavy (non-hydrogen) atoms. The number of aromatic nitrogens is 3. The van der Waals surface area contributed by atoms with Crippen molar-refractivity contribution < 1.29 is 13.0 Å². The van der Waals surface area contributed by atoms with Crippen molar-refractivity contribution >= 4 is 33.9 Å². The first kappa shape index (κ1) is 19.6. The molecule has 0 aliphatic rings. The third-order valence-electron chi connectivity index (χ3n) is 4.23. The molecule has 9 heteroatoms. The molecule has 0 radical (unpaired) electrons. The number of hydrogen-bond acceptors (Lipinski definition) is 4. The van der Waals surface area contributed by atoms with Crippen LogP contribution in [-0.4, -0.2) is 19.2 Å². The van der Waals surface area contributed by atoms with E-state index in [2.05, 4.69) is 32.3 Å². The number of hydrogen-bond donors (Lipinski definition) is 2. The molecule has 0 fully saturated rings. The van der Waals surface area contributed by atoms with Crippen LogP contribution in [0.25, 0.3) is 17.0 Å². The van der Waals surface area contributed by atoms with E-state index in [4.69, 9.17) is 5.26 Å². The number of rotatable bonds is 7. The summed E-state index contributed by atoms with van der Waals surface area (Å²) in [6.07, 6.45) is 1.33. The number of nitrogens with one attached hydrogen (secondary N) is 2. The zero-order valence-corrected chi connectivity index (χ0v) is 15.8. The number of aryl methyl sites for hydroxylation is 1. The summed E-state index contributed by atoms with van der Waals surface area (Å²) in [6.45, 7) is 5.52. The highest BCUT2D eigenvalue weighted by Crippen LogP contribution is 2.27. The third kappa shape index (κ3) is 3.92. The van der Waals surface area contributed by atoms with E-state index in [-0.39, 0.29) is 11.5 Å². The Morgan fingerprint density at radius 1 is 1.43 bits per heavy atom. The first-order chi connectivity index (χ1) is 13.4. The van der Waals surface area contributed by atoms with Crippen molar-refractivity contribution in [3.05, 3.63) is 53.5 Å². The Morgan fingerprint density at radius 2 is 2.21 bits per heavy atom. The van der Waals surface area contributed by atoms with Gasteiger partial charge in [0.2, 0.25) is 5.95 Å². The molecule has 0 spiro atoms. The second-order valence-electron chi connectivity index (χ2n) is 5.99. The smallest absolute Gasteiger partial charge is 0.263 e. The molecular weight excluding hydrogens is 384 g/mol. The van der Waals surface area contributed by atoms with Gasteiger partial charge in [0, 0.05) is 40.3 Å². The number of alkyl halides is 2. The molecule has 0 saturated carbocycles. The molecule has 6 nitrogen and oxygen atoms in total. The van der Waals surface area contributed by atoms with Crippen molar-refractivity contribution in [1.82, 2.24) is 15.0 Å². The third-order valence-corrected chi connectivity index (χ3v) is 5.33. The van der Waals surface area contributed by atoms with Gasteiger partial charge in [0.25, 0.3) is 6.43 Å². The average Bonchev–Trinajstić information content (AvgIpc) is 3.10. The first-order valence-corrected chi connectivity index (χ1v) is 9.54. The lowest BCUT2D eigenvalue weighted by Gasteiger charge is -2.11. The van der Waals surface area contributed by atoms with E-state index in [0.717, 1.165) is 5.56 Å². The van der Waals surface area contributed by atoms with Crippen LogP contribution in [0.1, 0.15) is 35.4 Å². The van der Waals surface area contributed by atoms with E-state index < -0.39 is 17.4 Å². The maximum Gasteiger partial charge on any atom is 0.263 e. The van der Waals surface area contributed by atoms with Gasteiger partial charge in [-0.1, -0.05) is 18.7 Å². The van der Waals surface area contributed by atoms with Gasteiger partial charge in [-0.2, -0.15) is 5.26 Å². The van der Waals surface area contributed by atoms with Crippen LogP contribution >= 0.6 is 0 Å². The second kappa shape index (κ2) is 8.27. The van der Waals surface area contributed by atoms with Crippen LogP contribution < -0.4 is 4.72 Å². The lowest BCUT2D eigenvalue weighted by atomic mass is 10.1. The van der Waals surface area contributed by atoms with Crippen molar-refractivity contribution in [2.45, 2.75) is 31.1 Å². The highest BCUT2D eigenvalue weighted by atomic mass is 32.2. The monoisotopic (exact) mass is 401 g/mol. The lowest BCUT2D eigenvalue weighted by Crippen LogP contribution is -2.11. The summed E-state index contributed by atoms with van der Waals surface area (Å²) in [5, 5.41) is 9.35. The molecule has 1 aromatic carbocycles. The van der Waals surface area contributed by atoms with E-state index in [9.17, 15) is 13.0 Å². The van der Waals surface area contributed by atoms with Crippen LogP contribution in [0.4, 0.5) is 14.7 Å². The van der Waals surface area contributed by atoms with Gasteiger partial charge in [0.05, 0.1) is 16.7 Å². The predicted molar refractivity (Wildman–Crippen MR) is 104 cm³/mol. The highest BCUT2D eigenvalue weighted by Gasteiger charge is 2.16. The average molecular weight is 401 g/mol. The van der Waals surface area contributed by atoms with Crippen LogP contribution in [0, 0.1) is 18.3 Å². The van der Waals surface area contributed by atoms with E-state index in [1.54, 1.807) is 13.0 Å². The van der Waals surface area contributed by atoms with Crippen LogP contribution in [0.3, 0.4) is 0 Å². The van der Waals surface area contributed by atoms with Crippen LogP contribution in [0.15, 0.2) is 35.9 Å². The van der Waals surface area contributed by atoms with Crippen molar-refractivity contribution in [2.24, 2.45) is 0 Å². The van der Waals surface area contributed by atoms with Crippen molar-refractivity contribution in [2.75, 3.05) is 4.72 Å². The van der Waals surface area contributed by atoms with Crippen molar-refractivity contribution in [3.8, 4) is 6.07 Å². The Balaban J connectivity index is 1.89. The minimum absolute atomic E-state index is 0.109. The number of nitriles is 1. The summed E-state index contributed by atoms with van der Waals surface area (Å²) >= 11 is 0. The molecule has 3 rings (SSSR count). The molecule has 2 aromatic heterocycles. The zero-order valence-electron chi connectivity index (χ0n) is 15.0. The summed E-state index contributed by atoms with van der Waals surface area (Å²) in [6, 6.07) is 6.23. The quantitative estimate of drug-likeness (QED) is 0.612. The molecule has 0 aliphatic carbocycles. The molecule has 0 saturated heterocycles. The Morgan fingerprint density at radius 3 is 2.89 bits per heavy atom. The van der Waals surface area contributed by atoms with Crippen LogP contribution in [0.2, 0.25) is 0 Å². The van der Waals surface area contributed by atoms with Crippen molar-refractivity contribution in [1.29, 1.82) is 5.26 Å². The van der Waals surface area contributed by atoms with Gasteiger partial charge in [-0.15, -0.1) is 0 Å². The maximum absolute atomic E-state index is 12.8. The van der Waals surface area contributed by atoms with Gasteiger partial charge in [0.15, 0.2) is 11.0 Å². The van der Waals surface area contributed by atoms with Gasteiger partial charge in [-0.3, -0.25) is 4.72 Å². The molecule has 0 aliphatic heterocycles. The fraction of sp³-hybridized carbons (Fsp3) is 0.211. The number of aromatic amines is 1. The summed E-state index contributed by atoms with van der Waals surface area (Å²) in [5.74, 6) is 0.157. The molecule has 3 aromatic rings. The summed E-state index contributed by atoms with van der Waals surface area (Å²) < 4.78 is 41.2. The van der Waals surface area contributed by atoms with E-state index in [1.165, 1.54) is 24.4 Å². The molecule has 0 bridgehead atoms. The van der Waals surface area contributed by atoms with Crippen molar-refractivity contribution in [3.63, 3.8) is 0 Å². The Hall–Kier alpha value is -3.12. The minimum atomic E-state index is -2.58. The highest BCUT2D eigenvalue weighted by molar-refractivity contribution is 7.86. The zero-order chi connectivity index (χ0) is 20.3. The van der Waals surface area contributed by atoms with Gasteiger partial charge in [-0.05, 0) is 25.5 Å². The molecule has 2 heterocycles. The molecular formula is C19H17F2N5OS. The number of halogens is 2. The van der Waals surface area contributed by atoms with Gasteiger partial charge in [0.1, 0.15) is 0 Å². The summed E-state index contributed by atoms with van der Waals surface area (Å²) in [7, 11) is -1.71. The number of fused-ring (bicyclic) bond motifs is 1. The topological polar surface area (TPSA) is 94.5 Å². The first-order valence-electron chi connectivity index (χ1n) is 8.39. The fourth-order valence-corrected chi connectivity index (χ4v) is 3.78. The SMILES string of the molecule is C=Cc1nc(NS(=O)c2c[nH]c3cc(C(F)F)ccc23)nc(C)c1CCC#N. The largest absolute Gasteiger partial charge is 0.360 e. The molecule has 1 unspecified atom stereocenters. The number of H-pyrrole nitrogens is 1. The molecule has 1 atom stereocenters. The lowest BCUT2D eigenvalue weighted by molar-refractivity contribution is 0.151. The van der Waals surface area contributed by atoms with E-state index >= 15 is 0 Å². The Bertz CT molecular complexity index is 1100. The normalized spacial score (nSPS) is 12.1. The second-order valence-corrected chi connectivity index (χ2v) is 7.17. The van der Waals surface area contributed by atoms with Gasteiger partial charge >= 0.3 is 0 Å². The van der Waals surface area contributed by atoms with Gasteiger partial charge in [-0.25, -0.2) is 23.0 Å². The Labute approximate surface area is 162 Å². The molecule has 144 valence electrons. The standard InChI is InChI=1S/C19H17F2N5OS/c1-3-15-13(5-4-8-22)11(2)24-19(25-15)26-28(27)17-10-23-16-9-12(18(20)21)6-7-14(16)17/h3,6-7,9-10,18,23H,1,4-5H2,2H3,(H,24,25,26).